The molecule has 0 bridgehead atoms. The van der Waals surface area contributed by atoms with Crippen LogP contribution in [0.1, 0.15) is 51.4 Å². The molecule has 25 heavy (non-hydrogen) atoms. The van der Waals surface area contributed by atoms with Crippen molar-refractivity contribution in [2.24, 2.45) is 23.5 Å². The van der Waals surface area contributed by atoms with Crippen molar-refractivity contribution >= 4 is 15.9 Å². The summed E-state index contributed by atoms with van der Waals surface area (Å²) in [4.78, 5) is 14.5. The molecule has 4 rings (SSSR count). The van der Waals surface area contributed by atoms with Gasteiger partial charge in [-0.2, -0.15) is 0 Å². The number of sulfonamides is 1. The third-order valence-electron chi connectivity index (χ3n) is 7.05. The molecule has 6 nitrogen and oxygen atoms in total. The van der Waals surface area contributed by atoms with Crippen molar-refractivity contribution in [2.75, 3.05) is 26.2 Å². The van der Waals surface area contributed by atoms with E-state index in [1.807, 2.05) is 4.90 Å². The number of hydrogen-bond acceptors (Lipinski definition) is 4. The van der Waals surface area contributed by atoms with Crippen LogP contribution in [0.2, 0.25) is 0 Å². The Morgan fingerprint density at radius 2 is 1.68 bits per heavy atom. The van der Waals surface area contributed by atoms with E-state index < -0.39 is 15.3 Å². The summed E-state index contributed by atoms with van der Waals surface area (Å²) in [6.07, 6.45) is 7.74. The number of hydrogen-bond donors (Lipinski definition) is 1. The van der Waals surface area contributed by atoms with E-state index in [1.165, 1.54) is 0 Å². The van der Waals surface area contributed by atoms with Gasteiger partial charge in [-0.1, -0.05) is 12.8 Å². The maximum Gasteiger partial charge on any atom is 0.225 e. The molecule has 2 aliphatic heterocycles. The molecule has 2 aliphatic carbocycles. The van der Waals surface area contributed by atoms with Crippen LogP contribution in [-0.4, -0.2) is 61.0 Å². The van der Waals surface area contributed by atoms with E-state index in [0.717, 1.165) is 51.5 Å². The quantitative estimate of drug-likeness (QED) is 0.809. The fourth-order valence-corrected chi connectivity index (χ4v) is 7.53. The molecule has 0 radical (unpaired) electrons. The van der Waals surface area contributed by atoms with Crippen molar-refractivity contribution in [3.05, 3.63) is 0 Å². The van der Waals surface area contributed by atoms with Gasteiger partial charge in [0.1, 0.15) is 0 Å². The summed E-state index contributed by atoms with van der Waals surface area (Å²) >= 11 is 0. The Balaban J connectivity index is 1.42. The lowest BCUT2D eigenvalue weighted by Crippen LogP contribution is -2.50. The summed E-state index contributed by atoms with van der Waals surface area (Å²) in [6.45, 7) is 2.32. The molecule has 4 atom stereocenters. The molecule has 1 amide bonds. The minimum Gasteiger partial charge on any atom is -0.341 e. The third kappa shape index (κ3) is 3.23. The molecule has 142 valence electrons. The number of carbonyl (C=O) groups excluding carboxylic acids is 1. The summed E-state index contributed by atoms with van der Waals surface area (Å²) in [7, 11) is -3.33. The van der Waals surface area contributed by atoms with Gasteiger partial charge in [-0.25, -0.2) is 12.7 Å². The molecular weight excluding hydrogens is 338 g/mol. The van der Waals surface area contributed by atoms with E-state index in [4.69, 9.17) is 5.73 Å². The Kier molecular flexibility index (Phi) is 4.84. The van der Waals surface area contributed by atoms with Crippen molar-refractivity contribution in [1.82, 2.24) is 9.21 Å². The second-order valence-electron chi connectivity index (χ2n) is 8.56. The second kappa shape index (κ2) is 6.82. The number of likely N-dealkylation sites (tertiary alicyclic amines) is 1. The zero-order chi connectivity index (χ0) is 17.6. The Hall–Kier alpha value is -0.660. The third-order valence-corrected chi connectivity index (χ3v) is 9.30. The van der Waals surface area contributed by atoms with Gasteiger partial charge in [-0.05, 0) is 50.4 Å². The fourth-order valence-electron chi connectivity index (χ4n) is 5.50. The van der Waals surface area contributed by atoms with Gasteiger partial charge >= 0.3 is 0 Å². The molecule has 2 N–H and O–H groups in total. The smallest absolute Gasteiger partial charge is 0.225 e. The maximum atomic E-state index is 13.2. The van der Waals surface area contributed by atoms with Crippen LogP contribution < -0.4 is 5.73 Å². The standard InChI is InChI=1S/C18H31N3O3S/c19-17-8-7-14-10-21(12-16(14)17)25(23,24)15-6-3-9-20(11-15)18(22)13-4-1-2-5-13/h13-17H,1-12,19H2. The highest BCUT2D eigenvalue weighted by Gasteiger charge is 2.47. The number of amides is 1. The van der Waals surface area contributed by atoms with Crippen LogP contribution in [0.5, 0.6) is 0 Å². The lowest BCUT2D eigenvalue weighted by Gasteiger charge is -2.35. The number of rotatable bonds is 3. The van der Waals surface area contributed by atoms with Gasteiger partial charge in [-0.3, -0.25) is 4.79 Å². The van der Waals surface area contributed by atoms with Crippen molar-refractivity contribution in [2.45, 2.75) is 62.7 Å². The Bertz CT molecular complexity index is 617. The Morgan fingerprint density at radius 1 is 0.920 bits per heavy atom. The molecule has 4 unspecified atom stereocenters. The van der Waals surface area contributed by atoms with Crippen molar-refractivity contribution in [1.29, 1.82) is 0 Å². The lowest BCUT2D eigenvalue weighted by molar-refractivity contribution is -0.136. The van der Waals surface area contributed by atoms with Crippen LogP contribution in [0.15, 0.2) is 0 Å². The minimum atomic E-state index is -3.33. The predicted octanol–water partition coefficient (Wildman–Crippen LogP) is 1.17. The predicted molar refractivity (Wildman–Crippen MR) is 96.2 cm³/mol. The molecule has 4 fully saturated rings. The molecule has 7 heteroatoms. The van der Waals surface area contributed by atoms with E-state index in [9.17, 15) is 13.2 Å². The van der Waals surface area contributed by atoms with Crippen LogP contribution in [0.25, 0.3) is 0 Å². The lowest BCUT2D eigenvalue weighted by atomic mass is 9.98. The highest BCUT2D eigenvalue weighted by Crippen LogP contribution is 2.39. The van der Waals surface area contributed by atoms with Gasteiger partial charge in [0.15, 0.2) is 0 Å². The number of nitrogens with zero attached hydrogens (tertiary/aromatic N) is 2. The van der Waals surface area contributed by atoms with Crippen molar-refractivity contribution in [3.8, 4) is 0 Å². The monoisotopic (exact) mass is 369 g/mol. The average Bonchev–Trinajstić information content (AvgIpc) is 3.33. The minimum absolute atomic E-state index is 0.130. The molecule has 0 aromatic rings. The van der Waals surface area contributed by atoms with Crippen LogP contribution >= 0.6 is 0 Å². The van der Waals surface area contributed by atoms with Crippen LogP contribution in [-0.2, 0) is 14.8 Å². The molecule has 0 spiro atoms. The summed E-state index contributed by atoms with van der Waals surface area (Å²) in [6, 6.07) is 0.150. The average molecular weight is 370 g/mol. The molecule has 2 saturated heterocycles. The van der Waals surface area contributed by atoms with Crippen molar-refractivity contribution < 1.29 is 13.2 Å². The Morgan fingerprint density at radius 3 is 2.40 bits per heavy atom. The molecule has 0 aromatic heterocycles. The SMILES string of the molecule is NC1CCC2CN(S(=O)(=O)C3CCCN(C(=O)C4CCCC4)C3)CC12. The van der Waals surface area contributed by atoms with Gasteiger partial charge in [0.25, 0.3) is 0 Å². The number of carbonyl (C=O) groups is 1. The summed E-state index contributed by atoms with van der Waals surface area (Å²) in [5, 5.41) is -0.429. The van der Waals surface area contributed by atoms with Gasteiger partial charge < -0.3 is 10.6 Å². The maximum absolute atomic E-state index is 13.2. The highest BCUT2D eigenvalue weighted by atomic mass is 32.2. The van der Waals surface area contributed by atoms with Gasteiger partial charge in [0, 0.05) is 38.1 Å². The van der Waals surface area contributed by atoms with Gasteiger partial charge in [0.05, 0.1) is 5.25 Å². The molecule has 2 heterocycles. The molecule has 0 aromatic carbocycles. The van der Waals surface area contributed by atoms with E-state index in [1.54, 1.807) is 4.31 Å². The van der Waals surface area contributed by atoms with E-state index in [2.05, 4.69) is 0 Å². The molecule has 2 saturated carbocycles. The van der Waals surface area contributed by atoms with E-state index in [-0.39, 0.29) is 17.9 Å². The topological polar surface area (TPSA) is 83.7 Å². The van der Waals surface area contributed by atoms with Crippen LogP contribution in [0.4, 0.5) is 0 Å². The highest BCUT2D eigenvalue weighted by molar-refractivity contribution is 7.89. The second-order valence-corrected chi connectivity index (χ2v) is 10.8. The number of fused-ring (bicyclic) bond motifs is 1. The zero-order valence-corrected chi connectivity index (χ0v) is 15.8. The Labute approximate surface area is 151 Å². The molecule has 4 aliphatic rings. The van der Waals surface area contributed by atoms with E-state index >= 15 is 0 Å². The molecular formula is C18H31N3O3S. The first kappa shape index (κ1) is 17.7. The fraction of sp³-hybridized carbons (Fsp3) is 0.944. The number of piperidine rings is 1. The zero-order valence-electron chi connectivity index (χ0n) is 15.0. The normalized spacial score (nSPS) is 37.6. The first-order chi connectivity index (χ1) is 12.0. The first-order valence-electron chi connectivity index (χ1n) is 10.00. The van der Waals surface area contributed by atoms with Crippen LogP contribution in [0, 0.1) is 17.8 Å². The summed E-state index contributed by atoms with van der Waals surface area (Å²) in [5.74, 6) is 1.09. The number of nitrogens with two attached hydrogens (primary N) is 1. The summed E-state index contributed by atoms with van der Waals surface area (Å²) < 4.78 is 28.0. The van der Waals surface area contributed by atoms with Gasteiger partial charge in [-0.15, -0.1) is 0 Å². The largest absolute Gasteiger partial charge is 0.341 e. The van der Waals surface area contributed by atoms with E-state index in [0.29, 0.717) is 37.9 Å². The van der Waals surface area contributed by atoms with Gasteiger partial charge in [0.2, 0.25) is 15.9 Å². The van der Waals surface area contributed by atoms with Crippen LogP contribution in [0.3, 0.4) is 0 Å². The summed E-state index contributed by atoms with van der Waals surface area (Å²) in [5.41, 5.74) is 6.16. The first-order valence-corrected chi connectivity index (χ1v) is 11.5. The van der Waals surface area contributed by atoms with Crippen molar-refractivity contribution in [3.63, 3.8) is 0 Å².